The molecule has 3 unspecified atom stereocenters. The summed E-state index contributed by atoms with van der Waals surface area (Å²) < 4.78 is 21.0. The average molecular weight is 449 g/mol. The Kier molecular flexibility index (Phi) is 8.62. The van der Waals surface area contributed by atoms with Crippen LogP contribution in [0.4, 0.5) is 4.39 Å². The molecule has 1 amide bonds. The summed E-state index contributed by atoms with van der Waals surface area (Å²) in [6.45, 7) is 9.21. The SMILES string of the molecule is COCCCCn1c(C(=O)N(CC(C)C)C2CNCC(C(C)O)C2)nc2ccc(F)cc21. The number of nitrogens with one attached hydrogen (secondary N) is 1. The molecule has 0 saturated carbocycles. The zero-order valence-electron chi connectivity index (χ0n) is 19.7. The number of amides is 1. The maximum Gasteiger partial charge on any atom is 0.290 e. The summed E-state index contributed by atoms with van der Waals surface area (Å²) in [5.74, 6) is 0.244. The molecule has 0 bridgehead atoms. The standard InChI is InChI=1S/C24H37FN4O3/c1-16(2)15-29(20-11-18(17(3)30)13-26-14-20)24(31)23-27-21-8-7-19(25)12-22(21)28(23)9-5-6-10-32-4/h7-8,12,16-18,20,26,30H,5-6,9-11,13-15H2,1-4H3. The van der Waals surface area contributed by atoms with Crippen LogP contribution in [0.25, 0.3) is 11.0 Å². The number of hydrogen-bond donors (Lipinski definition) is 2. The van der Waals surface area contributed by atoms with Crippen LogP contribution >= 0.6 is 0 Å². The van der Waals surface area contributed by atoms with Crippen molar-refractivity contribution in [1.82, 2.24) is 19.8 Å². The van der Waals surface area contributed by atoms with Gasteiger partial charge in [0.05, 0.1) is 17.1 Å². The first-order chi connectivity index (χ1) is 15.3. The lowest BCUT2D eigenvalue weighted by Crippen LogP contribution is -2.54. The minimum atomic E-state index is -0.436. The minimum absolute atomic E-state index is 0.0308. The molecule has 7 nitrogen and oxygen atoms in total. The highest BCUT2D eigenvalue weighted by Crippen LogP contribution is 2.24. The molecule has 0 radical (unpaired) electrons. The number of unbranched alkanes of at least 4 members (excludes halogenated alkanes) is 1. The van der Waals surface area contributed by atoms with Gasteiger partial charge < -0.3 is 24.6 Å². The van der Waals surface area contributed by atoms with Gasteiger partial charge in [0.1, 0.15) is 5.82 Å². The van der Waals surface area contributed by atoms with Crippen molar-refractivity contribution in [3.63, 3.8) is 0 Å². The van der Waals surface area contributed by atoms with Crippen LogP contribution < -0.4 is 5.32 Å². The number of aryl methyl sites for hydroxylation is 1. The minimum Gasteiger partial charge on any atom is -0.393 e. The van der Waals surface area contributed by atoms with Crippen molar-refractivity contribution in [2.45, 2.75) is 58.7 Å². The Balaban J connectivity index is 1.94. The van der Waals surface area contributed by atoms with Crippen LogP contribution in [0.1, 0.15) is 50.7 Å². The molecule has 3 atom stereocenters. The Labute approximate surface area is 189 Å². The van der Waals surface area contributed by atoms with Crippen LogP contribution in [-0.4, -0.2) is 71.0 Å². The number of rotatable bonds is 10. The van der Waals surface area contributed by atoms with Crippen molar-refractivity contribution in [2.75, 3.05) is 33.4 Å². The van der Waals surface area contributed by atoms with Gasteiger partial charge >= 0.3 is 0 Å². The number of hydrogen-bond acceptors (Lipinski definition) is 5. The lowest BCUT2D eigenvalue weighted by atomic mass is 9.90. The van der Waals surface area contributed by atoms with Crippen LogP contribution in [0.5, 0.6) is 0 Å². The smallest absolute Gasteiger partial charge is 0.290 e. The molecule has 1 aromatic carbocycles. The number of aliphatic hydroxyl groups is 1. The molecule has 1 aliphatic heterocycles. The summed E-state index contributed by atoms with van der Waals surface area (Å²) in [5.41, 5.74) is 1.26. The molecule has 178 valence electrons. The van der Waals surface area contributed by atoms with Gasteiger partial charge in [0.15, 0.2) is 5.82 Å². The molecule has 2 N–H and O–H groups in total. The highest BCUT2D eigenvalue weighted by molar-refractivity contribution is 5.95. The number of carbonyl (C=O) groups is 1. The van der Waals surface area contributed by atoms with E-state index in [4.69, 9.17) is 4.74 Å². The van der Waals surface area contributed by atoms with Gasteiger partial charge in [-0.25, -0.2) is 9.37 Å². The zero-order valence-corrected chi connectivity index (χ0v) is 19.7. The summed E-state index contributed by atoms with van der Waals surface area (Å²) in [6, 6.07) is 4.43. The van der Waals surface area contributed by atoms with Gasteiger partial charge in [-0.2, -0.15) is 0 Å². The first-order valence-corrected chi connectivity index (χ1v) is 11.7. The maximum atomic E-state index is 14.0. The number of imidazole rings is 1. The third-order valence-electron chi connectivity index (χ3n) is 6.19. The monoisotopic (exact) mass is 448 g/mol. The van der Waals surface area contributed by atoms with Crippen LogP contribution in [0, 0.1) is 17.7 Å². The Hall–Kier alpha value is -2.03. The fourth-order valence-corrected chi connectivity index (χ4v) is 4.48. The highest BCUT2D eigenvalue weighted by Gasteiger charge is 2.34. The van der Waals surface area contributed by atoms with Crippen molar-refractivity contribution < 1.29 is 19.0 Å². The number of fused-ring (bicyclic) bond motifs is 1. The van der Waals surface area contributed by atoms with E-state index in [1.165, 1.54) is 12.1 Å². The van der Waals surface area contributed by atoms with Crippen LogP contribution in [-0.2, 0) is 11.3 Å². The van der Waals surface area contributed by atoms with Gasteiger partial charge in [0.2, 0.25) is 0 Å². The molecule has 2 heterocycles. The zero-order chi connectivity index (χ0) is 23.3. The lowest BCUT2D eigenvalue weighted by molar-refractivity contribution is 0.0435. The van der Waals surface area contributed by atoms with E-state index >= 15 is 0 Å². The predicted octanol–water partition coefficient (Wildman–Crippen LogP) is 3.06. The van der Waals surface area contributed by atoms with E-state index < -0.39 is 6.10 Å². The molecule has 0 spiro atoms. The summed E-state index contributed by atoms with van der Waals surface area (Å²) in [6.07, 6.45) is 1.95. The van der Waals surface area contributed by atoms with Crippen molar-refractivity contribution >= 4 is 16.9 Å². The topological polar surface area (TPSA) is 79.6 Å². The number of aromatic nitrogens is 2. The fraction of sp³-hybridized carbons (Fsp3) is 0.667. The molecular formula is C24H37FN4O3. The lowest BCUT2D eigenvalue weighted by Gasteiger charge is -2.39. The quantitative estimate of drug-likeness (QED) is 0.546. The van der Waals surface area contributed by atoms with Crippen LogP contribution in [0.2, 0.25) is 0 Å². The van der Waals surface area contributed by atoms with Gasteiger partial charge in [-0.05, 0) is 56.2 Å². The fourth-order valence-electron chi connectivity index (χ4n) is 4.48. The number of carbonyl (C=O) groups excluding carboxylic acids is 1. The highest BCUT2D eigenvalue weighted by atomic mass is 19.1. The van der Waals surface area contributed by atoms with Crippen molar-refractivity contribution in [1.29, 1.82) is 0 Å². The van der Waals surface area contributed by atoms with E-state index in [2.05, 4.69) is 24.1 Å². The van der Waals surface area contributed by atoms with Crippen molar-refractivity contribution in [3.8, 4) is 0 Å². The summed E-state index contributed by atoms with van der Waals surface area (Å²) in [4.78, 5) is 20.4. The largest absolute Gasteiger partial charge is 0.393 e. The van der Waals surface area contributed by atoms with Crippen LogP contribution in [0.3, 0.4) is 0 Å². The predicted molar refractivity (Wildman–Crippen MR) is 123 cm³/mol. The Morgan fingerprint density at radius 1 is 1.34 bits per heavy atom. The number of halogens is 1. The summed E-state index contributed by atoms with van der Waals surface area (Å²) in [5, 5.41) is 13.5. The van der Waals surface area contributed by atoms with E-state index in [-0.39, 0.29) is 29.6 Å². The number of ether oxygens (including phenoxy) is 1. The third-order valence-corrected chi connectivity index (χ3v) is 6.19. The number of methoxy groups -OCH3 is 1. The van der Waals surface area contributed by atoms with Gasteiger partial charge in [-0.15, -0.1) is 0 Å². The van der Waals surface area contributed by atoms with Gasteiger partial charge in [0.25, 0.3) is 5.91 Å². The van der Waals surface area contributed by atoms with Crippen molar-refractivity contribution in [2.24, 2.45) is 11.8 Å². The molecule has 1 aromatic heterocycles. The normalized spacial score (nSPS) is 20.1. The first kappa shape index (κ1) is 24.6. The Bertz CT molecular complexity index is 899. The second-order valence-corrected chi connectivity index (χ2v) is 9.32. The maximum absolute atomic E-state index is 14.0. The molecule has 8 heteroatoms. The number of piperidine rings is 1. The summed E-state index contributed by atoms with van der Waals surface area (Å²) in [7, 11) is 1.67. The van der Waals surface area contributed by atoms with E-state index in [9.17, 15) is 14.3 Å². The molecule has 1 saturated heterocycles. The second kappa shape index (κ2) is 11.2. The number of aliphatic hydroxyl groups excluding tert-OH is 1. The Morgan fingerprint density at radius 2 is 2.12 bits per heavy atom. The van der Waals surface area contributed by atoms with E-state index in [0.29, 0.717) is 43.1 Å². The molecule has 1 fully saturated rings. The molecular weight excluding hydrogens is 411 g/mol. The molecule has 2 aromatic rings. The third kappa shape index (κ3) is 5.85. The second-order valence-electron chi connectivity index (χ2n) is 9.32. The van der Waals surface area contributed by atoms with E-state index in [0.717, 1.165) is 25.8 Å². The molecule has 0 aliphatic carbocycles. The number of benzene rings is 1. The van der Waals surface area contributed by atoms with Gasteiger partial charge in [0, 0.05) is 45.9 Å². The summed E-state index contributed by atoms with van der Waals surface area (Å²) >= 11 is 0. The Morgan fingerprint density at radius 3 is 2.81 bits per heavy atom. The first-order valence-electron chi connectivity index (χ1n) is 11.7. The van der Waals surface area contributed by atoms with Gasteiger partial charge in [-0.1, -0.05) is 13.8 Å². The van der Waals surface area contributed by atoms with Crippen LogP contribution in [0.15, 0.2) is 18.2 Å². The van der Waals surface area contributed by atoms with Crippen molar-refractivity contribution in [3.05, 3.63) is 29.8 Å². The molecule has 3 rings (SSSR count). The van der Waals surface area contributed by atoms with Gasteiger partial charge in [-0.3, -0.25) is 4.79 Å². The molecule has 32 heavy (non-hydrogen) atoms. The number of nitrogens with zero attached hydrogens (tertiary/aromatic N) is 3. The average Bonchev–Trinajstić information content (AvgIpc) is 3.12. The van der Waals surface area contributed by atoms with E-state index in [1.54, 1.807) is 20.1 Å². The van der Waals surface area contributed by atoms with E-state index in [1.807, 2.05) is 9.47 Å². The molecule has 1 aliphatic rings.